The number of anilines is 1. The minimum Gasteiger partial charge on any atom is -0.378 e. The summed E-state index contributed by atoms with van der Waals surface area (Å²) in [5, 5.41) is 2.97. The third-order valence-electron chi connectivity index (χ3n) is 5.41. The summed E-state index contributed by atoms with van der Waals surface area (Å²) in [5.74, 6) is -0.270. The molecule has 1 heterocycles. The summed E-state index contributed by atoms with van der Waals surface area (Å²) >= 11 is 1.67. The minimum atomic E-state index is -0.267. The first-order chi connectivity index (χ1) is 13.2. The van der Waals surface area contributed by atoms with Gasteiger partial charge in [0.2, 0.25) is 11.8 Å². The van der Waals surface area contributed by atoms with Gasteiger partial charge in [0, 0.05) is 36.7 Å². The predicted molar refractivity (Wildman–Crippen MR) is 109 cm³/mol. The number of carbonyl (C=O) groups excluding carboxylic acids is 2. The van der Waals surface area contributed by atoms with Crippen molar-refractivity contribution in [1.29, 1.82) is 0 Å². The predicted octanol–water partition coefficient (Wildman–Crippen LogP) is 3.62. The van der Waals surface area contributed by atoms with Crippen molar-refractivity contribution in [3.8, 4) is 0 Å². The van der Waals surface area contributed by atoms with Crippen LogP contribution in [0.4, 0.5) is 5.69 Å². The van der Waals surface area contributed by atoms with Crippen molar-refractivity contribution < 1.29 is 14.3 Å². The largest absolute Gasteiger partial charge is 0.378 e. The molecule has 1 aliphatic carbocycles. The van der Waals surface area contributed by atoms with Gasteiger partial charge in [0.25, 0.3) is 0 Å². The van der Waals surface area contributed by atoms with Gasteiger partial charge in [-0.25, -0.2) is 0 Å². The van der Waals surface area contributed by atoms with Gasteiger partial charge in [-0.15, -0.1) is 11.8 Å². The number of thioether (sulfide) groups is 1. The van der Waals surface area contributed by atoms with Crippen molar-refractivity contribution in [1.82, 2.24) is 5.32 Å². The van der Waals surface area contributed by atoms with E-state index in [-0.39, 0.29) is 24.2 Å². The molecule has 0 bridgehead atoms. The Morgan fingerprint density at radius 2 is 1.96 bits per heavy atom. The number of amides is 2. The van der Waals surface area contributed by atoms with E-state index in [2.05, 4.69) is 5.32 Å². The van der Waals surface area contributed by atoms with Gasteiger partial charge in [0.15, 0.2) is 0 Å². The highest BCUT2D eigenvalue weighted by Crippen LogP contribution is 2.27. The molecule has 2 fully saturated rings. The maximum absolute atomic E-state index is 12.4. The first-order valence-electron chi connectivity index (χ1n) is 10.0. The number of nitrogens with zero attached hydrogens (tertiary/aromatic N) is 1. The number of hydrogen-bond acceptors (Lipinski definition) is 4. The average molecular weight is 391 g/mol. The summed E-state index contributed by atoms with van der Waals surface area (Å²) in [4.78, 5) is 27.6. The zero-order valence-corrected chi connectivity index (χ0v) is 16.9. The van der Waals surface area contributed by atoms with E-state index < -0.39 is 0 Å². The van der Waals surface area contributed by atoms with Crippen LogP contribution in [0.5, 0.6) is 0 Å². The molecule has 0 aromatic heterocycles. The van der Waals surface area contributed by atoms with Crippen molar-refractivity contribution in [2.45, 2.75) is 55.9 Å². The molecule has 0 spiro atoms. The van der Waals surface area contributed by atoms with Crippen LogP contribution >= 0.6 is 11.8 Å². The van der Waals surface area contributed by atoms with Crippen molar-refractivity contribution in [3.63, 3.8) is 0 Å². The SMILES string of the molecule is CSc1ccc(N2CC(C(=O)NCCCOC3CCCCC3)CC2=O)cc1. The van der Waals surface area contributed by atoms with E-state index in [1.165, 1.54) is 32.1 Å². The molecule has 3 rings (SSSR count). The van der Waals surface area contributed by atoms with Gasteiger partial charge in [-0.2, -0.15) is 0 Å². The molecule has 1 N–H and O–H groups in total. The molecule has 1 unspecified atom stereocenters. The lowest BCUT2D eigenvalue weighted by Gasteiger charge is -2.22. The quantitative estimate of drug-likeness (QED) is 0.544. The standard InChI is InChI=1S/C21H30N2O3S/c1-27-19-10-8-17(9-11-19)23-15-16(14-20(23)24)21(25)22-12-5-13-26-18-6-3-2-4-7-18/h8-11,16,18H,2-7,12-15H2,1H3,(H,22,25). The minimum absolute atomic E-state index is 0.0210. The molecule has 27 heavy (non-hydrogen) atoms. The Morgan fingerprint density at radius 1 is 1.22 bits per heavy atom. The van der Waals surface area contributed by atoms with Crippen LogP contribution in [0.25, 0.3) is 0 Å². The van der Waals surface area contributed by atoms with Crippen molar-refractivity contribution in [3.05, 3.63) is 24.3 Å². The van der Waals surface area contributed by atoms with Crippen molar-refractivity contribution in [2.75, 3.05) is 30.9 Å². The fraction of sp³-hybridized carbons (Fsp3) is 0.619. The van der Waals surface area contributed by atoms with Crippen LogP contribution in [-0.4, -0.2) is 43.9 Å². The molecule has 6 heteroatoms. The Balaban J connectivity index is 1.38. The van der Waals surface area contributed by atoms with E-state index in [0.29, 0.717) is 25.8 Å². The summed E-state index contributed by atoms with van der Waals surface area (Å²) in [6.07, 6.45) is 9.76. The molecule has 2 aliphatic rings. The first-order valence-corrected chi connectivity index (χ1v) is 11.2. The van der Waals surface area contributed by atoms with Gasteiger partial charge in [-0.3, -0.25) is 9.59 Å². The highest BCUT2D eigenvalue weighted by Gasteiger charge is 2.34. The Kier molecular flexibility index (Phi) is 7.59. The molecule has 1 saturated carbocycles. The molecular weight excluding hydrogens is 360 g/mol. The monoisotopic (exact) mass is 390 g/mol. The Labute approximate surface area is 166 Å². The summed E-state index contributed by atoms with van der Waals surface area (Å²) in [5.41, 5.74) is 0.869. The number of rotatable bonds is 8. The number of ether oxygens (including phenoxy) is 1. The third kappa shape index (κ3) is 5.72. The maximum Gasteiger partial charge on any atom is 0.227 e. The van der Waals surface area contributed by atoms with Gasteiger partial charge in [-0.05, 0) is 49.8 Å². The number of benzene rings is 1. The van der Waals surface area contributed by atoms with E-state index in [4.69, 9.17) is 4.74 Å². The number of hydrogen-bond donors (Lipinski definition) is 1. The molecule has 1 atom stereocenters. The number of carbonyl (C=O) groups is 2. The van der Waals surface area contributed by atoms with E-state index in [1.54, 1.807) is 16.7 Å². The van der Waals surface area contributed by atoms with Crippen molar-refractivity contribution >= 4 is 29.3 Å². The van der Waals surface area contributed by atoms with E-state index in [9.17, 15) is 9.59 Å². The normalized spacial score (nSPS) is 20.9. The van der Waals surface area contributed by atoms with Crippen LogP contribution < -0.4 is 10.2 Å². The molecular formula is C21H30N2O3S. The van der Waals surface area contributed by atoms with Crippen LogP contribution in [0.1, 0.15) is 44.9 Å². The fourth-order valence-corrected chi connectivity index (χ4v) is 4.21. The highest BCUT2D eigenvalue weighted by molar-refractivity contribution is 7.98. The second-order valence-corrected chi connectivity index (χ2v) is 8.26. The van der Waals surface area contributed by atoms with E-state index in [1.807, 2.05) is 30.5 Å². The zero-order valence-electron chi connectivity index (χ0n) is 16.1. The Morgan fingerprint density at radius 3 is 2.67 bits per heavy atom. The Hall–Kier alpha value is -1.53. The highest BCUT2D eigenvalue weighted by atomic mass is 32.2. The topological polar surface area (TPSA) is 58.6 Å². The molecule has 2 amide bonds. The Bertz CT molecular complexity index is 629. The van der Waals surface area contributed by atoms with Gasteiger partial charge >= 0.3 is 0 Å². The lowest BCUT2D eigenvalue weighted by Crippen LogP contribution is -2.34. The summed E-state index contributed by atoms with van der Waals surface area (Å²) in [7, 11) is 0. The van der Waals surface area contributed by atoms with Gasteiger partial charge in [-0.1, -0.05) is 19.3 Å². The fourth-order valence-electron chi connectivity index (χ4n) is 3.80. The molecule has 1 saturated heterocycles. The summed E-state index contributed by atoms with van der Waals surface area (Å²) in [6.45, 7) is 1.77. The molecule has 1 aliphatic heterocycles. The smallest absolute Gasteiger partial charge is 0.227 e. The molecule has 0 radical (unpaired) electrons. The van der Waals surface area contributed by atoms with Crippen LogP contribution in [0.2, 0.25) is 0 Å². The summed E-state index contributed by atoms with van der Waals surface area (Å²) < 4.78 is 5.89. The second-order valence-electron chi connectivity index (χ2n) is 7.38. The van der Waals surface area contributed by atoms with Gasteiger partial charge in [0.1, 0.15) is 0 Å². The van der Waals surface area contributed by atoms with Crippen molar-refractivity contribution in [2.24, 2.45) is 5.92 Å². The zero-order chi connectivity index (χ0) is 19.1. The van der Waals surface area contributed by atoms with E-state index in [0.717, 1.165) is 17.0 Å². The molecule has 5 nitrogen and oxygen atoms in total. The summed E-state index contributed by atoms with van der Waals surface area (Å²) in [6, 6.07) is 7.92. The first kappa shape index (κ1) is 20.2. The van der Waals surface area contributed by atoms with Gasteiger partial charge < -0.3 is 15.0 Å². The maximum atomic E-state index is 12.4. The molecule has 1 aromatic carbocycles. The van der Waals surface area contributed by atoms with Crippen LogP contribution in [-0.2, 0) is 14.3 Å². The van der Waals surface area contributed by atoms with E-state index >= 15 is 0 Å². The second kappa shape index (κ2) is 10.1. The lowest BCUT2D eigenvalue weighted by atomic mass is 9.98. The molecule has 1 aromatic rings. The lowest BCUT2D eigenvalue weighted by molar-refractivity contribution is -0.126. The third-order valence-corrected chi connectivity index (χ3v) is 6.15. The van der Waals surface area contributed by atoms with Crippen LogP contribution in [0, 0.1) is 5.92 Å². The van der Waals surface area contributed by atoms with Gasteiger partial charge in [0.05, 0.1) is 12.0 Å². The van der Waals surface area contributed by atoms with Crippen LogP contribution in [0.3, 0.4) is 0 Å². The molecule has 148 valence electrons. The number of nitrogens with one attached hydrogen (secondary N) is 1. The van der Waals surface area contributed by atoms with Crippen LogP contribution in [0.15, 0.2) is 29.2 Å². The average Bonchev–Trinajstić information content (AvgIpc) is 3.10.